The van der Waals surface area contributed by atoms with Gasteiger partial charge in [0.1, 0.15) is 5.54 Å². The van der Waals surface area contributed by atoms with Crippen LogP contribution in [-0.4, -0.2) is 64.2 Å². The van der Waals surface area contributed by atoms with Crippen molar-refractivity contribution in [3.8, 4) is 11.5 Å². The van der Waals surface area contributed by atoms with Gasteiger partial charge in [-0.1, -0.05) is 31.4 Å². The van der Waals surface area contributed by atoms with Crippen molar-refractivity contribution in [2.45, 2.75) is 62.6 Å². The average Bonchev–Trinajstić information content (AvgIpc) is 3.31. The second-order valence-electron chi connectivity index (χ2n) is 9.53. The third-order valence-corrected chi connectivity index (χ3v) is 7.64. The summed E-state index contributed by atoms with van der Waals surface area (Å²) in [5.41, 5.74) is 3.65. The number of carbonyl (C=O) groups excluding carboxylic acids is 3. The lowest BCUT2D eigenvalue weighted by Gasteiger charge is -2.34. The SMILES string of the molecule is COc1cccc(C2NC(CCCNC(N)=O)(C(=O)O)C3C(=O)N(C4CCCCC4)C(=O)C23)c1O. The van der Waals surface area contributed by atoms with E-state index in [1.807, 2.05) is 0 Å². The molecular formula is C24H32N4O7. The second-order valence-corrected chi connectivity index (χ2v) is 9.53. The molecular weight excluding hydrogens is 456 g/mol. The fourth-order valence-corrected chi connectivity index (χ4v) is 6.06. The Hall–Kier alpha value is -3.34. The fraction of sp³-hybridized carbons (Fsp3) is 0.583. The molecule has 0 spiro atoms. The van der Waals surface area contributed by atoms with E-state index in [2.05, 4.69) is 10.6 Å². The van der Waals surface area contributed by atoms with Gasteiger partial charge in [-0.05, 0) is 31.7 Å². The van der Waals surface area contributed by atoms with E-state index in [0.29, 0.717) is 18.4 Å². The number of nitrogens with one attached hydrogen (secondary N) is 2. The van der Waals surface area contributed by atoms with E-state index in [1.54, 1.807) is 18.2 Å². The van der Waals surface area contributed by atoms with Crippen LogP contribution in [0.1, 0.15) is 56.6 Å². The molecule has 190 valence electrons. The lowest BCUT2D eigenvalue weighted by molar-refractivity contribution is -0.153. The lowest BCUT2D eigenvalue weighted by atomic mass is 9.77. The Balaban J connectivity index is 1.76. The van der Waals surface area contributed by atoms with Crippen LogP contribution in [0.25, 0.3) is 0 Å². The molecule has 3 aliphatic rings. The number of carboxylic acids is 1. The second kappa shape index (κ2) is 9.73. The van der Waals surface area contributed by atoms with Gasteiger partial charge < -0.3 is 26.0 Å². The van der Waals surface area contributed by atoms with Crippen LogP contribution in [0.15, 0.2) is 18.2 Å². The molecule has 2 aliphatic heterocycles. The molecule has 1 aromatic rings. The average molecular weight is 489 g/mol. The number of nitrogens with zero attached hydrogens (tertiary/aromatic N) is 1. The number of amides is 4. The molecule has 4 atom stereocenters. The van der Waals surface area contributed by atoms with E-state index in [-0.39, 0.29) is 36.9 Å². The Morgan fingerprint density at radius 1 is 1.23 bits per heavy atom. The maximum atomic E-state index is 13.8. The minimum atomic E-state index is -1.76. The van der Waals surface area contributed by atoms with Gasteiger partial charge in [0.2, 0.25) is 11.8 Å². The number of carbonyl (C=O) groups is 4. The number of hydrogen-bond acceptors (Lipinski definition) is 7. The first-order valence-corrected chi connectivity index (χ1v) is 12.0. The predicted molar refractivity (Wildman–Crippen MR) is 123 cm³/mol. The third kappa shape index (κ3) is 4.18. The highest BCUT2D eigenvalue weighted by Crippen LogP contribution is 2.53. The number of nitrogens with two attached hydrogens (primary N) is 1. The maximum absolute atomic E-state index is 13.8. The summed E-state index contributed by atoms with van der Waals surface area (Å²) in [6.07, 6.45) is 4.42. The van der Waals surface area contributed by atoms with E-state index in [9.17, 15) is 29.4 Å². The number of likely N-dealkylation sites (tertiary alicyclic amines) is 1. The number of rotatable bonds is 8. The van der Waals surface area contributed by atoms with Gasteiger partial charge in [-0.15, -0.1) is 0 Å². The number of fused-ring (bicyclic) bond motifs is 1. The Kier molecular flexibility index (Phi) is 6.88. The fourth-order valence-electron chi connectivity index (χ4n) is 6.06. The molecule has 2 saturated heterocycles. The molecule has 1 saturated carbocycles. The number of imide groups is 1. The molecule has 1 aromatic carbocycles. The molecule has 0 bridgehead atoms. The van der Waals surface area contributed by atoms with Gasteiger partial charge in [-0.3, -0.25) is 24.6 Å². The maximum Gasteiger partial charge on any atom is 0.324 e. The third-order valence-electron chi connectivity index (χ3n) is 7.64. The van der Waals surface area contributed by atoms with Crippen LogP contribution in [0, 0.1) is 11.8 Å². The van der Waals surface area contributed by atoms with Gasteiger partial charge in [-0.25, -0.2) is 4.79 Å². The largest absolute Gasteiger partial charge is 0.504 e. The molecule has 0 radical (unpaired) electrons. The number of carboxylic acid groups (broad SMARTS) is 1. The van der Waals surface area contributed by atoms with Gasteiger partial charge in [0.25, 0.3) is 0 Å². The van der Waals surface area contributed by atoms with E-state index in [4.69, 9.17) is 10.5 Å². The molecule has 4 unspecified atom stereocenters. The summed E-state index contributed by atoms with van der Waals surface area (Å²) in [5, 5.41) is 26.7. The van der Waals surface area contributed by atoms with Crippen LogP contribution in [-0.2, 0) is 14.4 Å². The molecule has 6 N–H and O–H groups in total. The summed E-state index contributed by atoms with van der Waals surface area (Å²) in [7, 11) is 1.39. The minimum Gasteiger partial charge on any atom is -0.504 e. The van der Waals surface area contributed by atoms with E-state index < -0.39 is 47.2 Å². The number of ether oxygens (including phenoxy) is 1. The highest BCUT2D eigenvalue weighted by Gasteiger charge is 2.69. The number of methoxy groups -OCH3 is 1. The standard InChI is InChI=1S/C24H32N4O7/c1-35-15-10-5-9-14(19(15)29)18-16-17(21(31)28(20(16)30)13-7-3-2-4-8-13)24(27-18,22(32)33)11-6-12-26-23(25)34/h5,9-10,13,16-18,27,29H,2-4,6-8,11-12H2,1H3,(H,32,33)(H3,25,26,34). The number of aromatic hydroxyl groups is 1. The first-order valence-electron chi connectivity index (χ1n) is 12.0. The zero-order valence-corrected chi connectivity index (χ0v) is 19.7. The minimum absolute atomic E-state index is 0.0253. The number of benzene rings is 1. The molecule has 11 heteroatoms. The Labute approximate surface area is 203 Å². The highest BCUT2D eigenvalue weighted by molar-refractivity contribution is 6.09. The number of urea groups is 1. The zero-order valence-electron chi connectivity index (χ0n) is 19.7. The number of phenols is 1. The first kappa shape index (κ1) is 24.8. The van der Waals surface area contributed by atoms with Crippen LogP contribution < -0.4 is 21.1 Å². The van der Waals surface area contributed by atoms with E-state index >= 15 is 0 Å². The molecule has 11 nitrogen and oxygen atoms in total. The molecule has 4 rings (SSSR count). The molecule has 1 aliphatic carbocycles. The van der Waals surface area contributed by atoms with Crippen molar-refractivity contribution < 1.29 is 34.1 Å². The number of hydrogen-bond donors (Lipinski definition) is 5. The molecule has 3 fully saturated rings. The van der Waals surface area contributed by atoms with Crippen molar-refractivity contribution in [1.82, 2.24) is 15.5 Å². The smallest absolute Gasteiger partial charge is 0.324 e. The van der Waals surface area contributed by atoms with Crippen LogP contribution in [0.5, 0.6) is 11.5 Å². The van der Waals surface area contributed by atoms with Crippen molar-refractivity contribution in [2.75, 3.05) is 13.7 Å². The van der Waals surface area contributed by atoms with Crippen LogP contribution >= 0.6 is 0 Å². The van der Waals surface area contributed by atoms with Crippen LogP contribution in [0.3, 0.4) is 0 Å². The number of aliphatic carboxylic acids is 1. The first-order chi connectivity index (χ1) is 16.7. The summed E-state index contributed by atoms with van der Waals surface area (Å²) in [6.45, 7) is 0.118. The predicted octanol–water partition coefficient (Wildman–Crippen LogP) is 1.25. The summed E-state index contributed by atoms with van der Waals surface area (Å²) in [4.78, 5) is 52.7. The molecule has 35 heavy (non-hydrogen) atoms. The number of primary amides is 1. The zero-order chi connectivity index (χ0) is 25.3. The van der Waals surface area contributed by atoms with Crippen LogP contribution in [0.2, 0.25) is 0 Å². The lowest BCUT2D eigenvalue weighted by Crippen LogP contribution is -2.56. The molecule has 2 heterocycles. The Bertz CT molecular complexity index is 1030. The number of para-hydroxylation sites is 1. The monoisotopic (exact) mass is 488 g/mol. The van der Waals surface area contributed by atoms with Gasteiger partial charge in [0, 0.05) is 24.2 Å². The van der Waals surface area contributed by atoms with Crippen molar-refractivity contribution >= 4 is 23.8 Å². The summed E-state index contributed by atoms with van der Waals surface area (Å²) in [5.74, 6) is -4.34. The van der Waals surface area contributed by atoms with Gasteiger partial charge in [0.15, 0.2) is 11.5 Å². The quantitative estimate of drug-likeness (QED) is 0.269. The summed E-state index contributed by atoms with van der Waals surface area (Å²) in [6, 6.07) is 2.89. The van der Waals surface area contributed by atoms with Crippen molar-refractivity contribution in [3.63, 3.8) is 0 Å². The highest BCUT2D eigenvalue weighted by atomic mass is 16.5. The van der Waals surface area contributed by atoms with Crippen molar-refractivity contribution in [1.29, 1.82) is 0 Å². The Morgan fingerprint density at radius 3 is 2.57 bits per heavy atom. The van der Waals surface area contributed by atoms with Gasteiger partial charge >= 0.3 is 12.0 Å². The van der Waals surface area contributed by atoms with Crippen LogP contribution in [0.4, 0.5) is 4.79 Å². The van der Waals surface area contributed by atoms with Crippen molar-refractivity contribution in [3.05, 3.63) is 23.8 Å². The van der Waals surface area contributed by atoms with E-state index in [0.717, 1.165) is 19.3 Å². The molecule has 0 aromatic heterocycles. The van der Waals surface area contributed by atoms with Crippen molar-refractivity contribution in [2.24, 2.45) is 17.6 Å². The molecule has 4 amide bonds. The topological polar surface area (TPSA) is 171 Å². The van der Waals surface area contributed by atoms with Gasteiger partial charge in [0.05, 0.1) is 18.9 Å². The van der Waals surface area contributed by atoms with Gasteiger partial charge in [-0.2, -0.15) is 0 Å². The Morgan fingerprint density at radius 2 is 1.94 bits per heavy atom. The summed E-state index contributed by atoms with van der Waals surface area (Å²) < 4.78 is 5.21. The number of phenolic OH excluding ortho intramolecular Hbond substituents is 1. The van der Waals surface area contributed by atoms with E-state index in [1.165, 1.54) is 12.0 Å². The summed E-state index contributed by atoms with van der Waals surface area (Å²) >= 11 is 0. The normalized spacial score (nSPS) is 28.7.